The van der Waals surface area contributed by atoms with Crippen LogP contribution in [0.3, 0.4) is 0 Å². The third kappa shape index (κ3) is 2.39. The van der Waals surface area contributed by atoms with Crippen molar-refractivity contribution in [3.63, 3.8) is 0 Å². The Balaban J connectivity index is 1.76. The Kier molecular flexibility index (Phi) is 3.48. The second-order valence-electron chi connectivity index (χ2n) is 5.86. The van der Waals surface area contributed by atoms with Gasteiger partial charge in [0.1, 0.15) is 0 Å². The molecule has 1 N–H and O–H groups in total. The summed E-state index contributed by atoms with van der Waals surface area (Å²) in [5, 5.41) is 3.74. The van der Waals surface area contributed by atoms with Gasteiger partial charge in [0.05, 0.1) is 12.1 Å². The number of fused-ring (bicyclic) bond motifs is 3. The smallest absolute Gasteiger partial charge is 0.0895 e. The van der Waals surface area contributed by atoms with E-state index in [9.17, 15) is 0 Å². The van der Waals surface area contributed by atoms with E-state index in [1.807, 2.05) is 0 Å². The van der Waals surface area contributed by atoms with Gasteiger partial charge >= 0.3 is 0 Å². The van der Waals surface area contributed by atoms with Crippen molar-refractivity contribution in [2.45, 2.75) is 25.0 Å². The van der Waals surface area contributed by atoms with Crippen LogP contribution in [0.1, 0.15) is 36.1 Å². The normalized spacial score (nSPS) is 27.4. The Labute approximate surface area is 133 Å². The van der Waals surface area contributed by atoms with Crippen LogP contribution in [0.25, 0.3) is 0 Å². The van der Waals surface area contributed by atoms with E-state index >= 15 is 0 Å². The molecule has 2 heterocycles. The molecule has 0 saturated carbocycles. The molecule has 0 bridgehead atoms. The Bertz CT molecular complexity index is 640. The molecule has 108 valence electrons. The number of ether oxygens (including phenoxy) is 1. The minimum absolute atomic E-state index is 0.227. The highest BCUT2D eigenvalue weighted by molar-refractivity contribution is 9.10. The fraction of sp³-hybridized carbons (Fsp3) is 0.333. The van der Waals surface area contributed by atoms with E-state index < -0.39 is 0 Å². The van der Waals surface area contributed by atoms with Gasteiger partial charge in [0.2, 0.25) is 0 Å². The summed E-state index contributed by atoms with van der Waals surface area (Å²) in [7, 11) is 0. The van der Waals surface area contributed by atoms with Crippen LogP contribution in [0.2, 0.25) is 0 Å². The lowest BCUT2D eigenvalue weighted by Crippen LogP contribution is -2.35. The molecule has 2 nitrogen and oxygen atoms in total. The zero-order chi connectivity index (χ0) is 14.2. The molecular weight excluding hydrogens is 326 g/mol. The first-order valence-electron chi connectivity index (χ1n) is 7.55. The first-order valence-corrected chi connectivity index (χ1v) is 8.35. The predicted molar refractivity (Wildman–Crippen MR) is 88.4 cm³/mol. The number of hydrogen-bond acceptors (Lipinski definition) is 2. The molecule has 0 spiro atoms. The van der Waals surface area contributed by atoms with Gasteiger partial charge in [-0.15, -0.1) is 0 Å². The van der Waals surface area contributed by atoms with Crippen LogP contribution in [0, 0.1) is 5.92 Å². The summed E-state index contributed by atoms with van der Waals surface area (Å²) in [5.41, 5.74) is 3.87. The standard InChI is InChI=1S/C18H18BrNO/c19-13-9-7-12(8-10-13)17-15-5-3-11-21-18(15)14-4-1-2-6-16(14)20-17/h1-2,4,6-10,15,17-18,20H,3,5,11H2/t15-,17-,18-/m0/s1. The zero-order valence-corrected chi connectivity index (χ0v) is 13.3. The second kappa shape index (κ2) is 5.47. The van der Waals surface area contributed by atoms with Gasteiger partial charge in [-0.1, -0.05) is 46.3 Å². The largest absolute Gasteiger partial charge is 0.378 e. The predicted octanol–water partition coefficient (Wildman–Crippen LogP) is 5.08. The van der Waals surface area contributed by atoms with E-state index in [0.29, 0.717) is 12.0 Å². The molecule has 2 aliphatic rings. The summed E-state index contributed by atoms with van der Waals surface area (Å²) in [5.74, 6) is 0.509. The van der Waals surface area contributed by atoms with Crippen molar-refractivity contribution >= 4 is 21.6 Å². The van der Waals surface area contributed by atoms with Crippen molar-refractivity contribution < 1.29 is 4.74 Å². The second-order valence-corrected chi connectivity index (χ2v) is 6.77. The van der Waals surface area contributed by atoms with Crippen molar-refractivity contribution in [3.8, 4) is 0 Å². The molecule has 0 unspecified atom stereocenters. The fourth-order valence-corrected chi connectivity index (χ4v) is 3.88. The summed E-state index contributed by atoms with van der Waals surface area (Å²) < 4.78 is 7.26. The van der Waals surface area contributed by atoms with Crippen LogP contribution in [-0.4, -0.2) is 6.61 Å². The van der Waals surface area contributed by atoms with Crippen LogP contribution in [-0.2, 0) is 4.74 Å². The molecule has 0 aromatic heterocycles. The summed E-state index contributed by atoms with van der Waals surface area (Å²) in [6.07, 6.45) is 2.59. The zero-order valence-electron chi connectivity index (χ0n) is 11.8. The third-order valence-corrected chi connectivity index (χ3v) is 5.13. The van der Waals surface area contributed by atoms with Crippen molar-refractivity contribution in [2.75, 3.05) is 11.9 Å². The van der Waals surface area contributed by atoms with Crippen molar-refractivity contribution in [2.24, 2.45) is 5.92 Å². The molecule has 0 radical (unpaired) electrons. The van der Waals surface area contributed by atoms with E-state index in [0.717, 1.165) is 17.5 Å². The third-order valence-electron chi connectivity index (χ3n) is 4.60. The monoisotopic (exact) mass is 343 g/mol. The molecule has 3 atom stereocenters. The Morgan fingerprint density at radius 1 is 1.05 bits per heavy atom. The average Bonchev–Trinajstić information content (AvgIpc) is 2.55. The van der Waals surface area contributed by atoms with E-state index in [1.54, 1.807) is 0 Å². The minimum Gasteiger partial charge on any atom is -0.378 e. The first-order chi connectivity index (χ1) is 10.3. The molecule has 0 amide bonds. The van der Waals surface area contributed by atoms with E-state index in [1.165, 1.54) is 23.2 Å². The molecule has 1 fully saturated rings. The Hall–Kier alpha value is -1.32. The van der Waals surface area contributed by atoms with Crippen LogP contribution in [0.15, 0.2) is 53.0 Å². The number of benzene rings is 2. The molecule has 2 aromatic rings. The highest BCUT2D eigenvalue weighted by atomic mass is 79.9. The highest BCUT2D eigenvalue weighted by Crippen LogP contribution is 2.48. The number of halogens is 1. The molecule has 4 rings (SSSR count). The first kappa shape index (κ1) is 13.4. The van der Waals surface area contributed by atoms with Crippen LogP contribution >= 0.6 is 15.9 Å². The van der Waals surface area contributed by atoms with Crippen molar-refractivity contribution in [1.29, 1.82) is 0 Å². The maximum absolute atomic E-state index is 6.13. The molecular formula is C18H18BrNO. The van der Waals surface area contributed by atoms with E-state index in [4.69, 9.17) is 4.74 Å². The van der Waals surface area contributed by atoms with Gasteiger partial charge in [0, 0.05) is 28.2 Å². The van der Waals surface area contributed by atoms with Gasteiger partial charge in [-0.3, -0.25) is 0 Å². The van der Waals surface area contributed by atoms with Gasteiger partial charge in [-0.2, -0.15) is 0 Å². The van der Waals surface area contributed by atoms with Gasteiger partial charge in [0.15, 0.2) is 0 Å². The minimum atomic E-state index is 0.227. The van der Waals surface area contributed by atoms with Crippen LogP contribution in [0.5, 0.6) is 0 Å². The SMILES string of the molecule is Brc1ccc([C@@H]2Nc3ccccc3[C@@H]3OCCC[C@@H]23)cc1. The number of hydrogen-bond donors (Lipinski definition) is 1. The summed E-state index contributed by atoms with van der Waals surface area (Å²) >= 11 is 3.52. The highest BCUT2D eigenvalue weighted by Gasteiger charge is 2.39. The van der Waals surface area contributed by atoms with E-state index in [-0.39, 0.29) is 6.10 Å². The lowest BCUT2D eigenvalue weighted by Gasteiger charge is -2.43. The molecule has 3 heteroatoms. The van der Waals surface area contributed by atoms with Gasteiger partial charge < -0.3 is 10.1 Å². The molecule has 0 aliphatic carbocycles. The Morgan fingerprint density at radius 3 is 2.71 bits per heavy atom. The van der Waals surface area contributed by atoms with Crippen molar-refractivity contribution in [1.82, 2.24) is 0 Å². The topological polar surface area (TPSA) is 21.3 Å². The number of nitrogens with one attached hydrogen (secondary N) is 1. The fourth-order valence-electron chi connectivity index (χ4n) is 3.62. The van der Waals surface area contributed by atoms with Crippen LogP contribution < -0.4 is 5.32 Å². The van der Waals surface area contributed by atoms with E-state index in [2.05, 4.69) is 69.8 Å². The van der Waals surface area contributed by atoms with Gasteiger partial charge in [-0.25, -0.2) is 0 Å². The molecule has 2 aromatic carbocycles. The lowest BCUT2D eigenvalue weighted by atomic mass is 9.77. The molecule has 2 aliphatic heterocycles. The van der Waals surface area contributed by atoms with Gasteiger partial charge in [0.25, 0.3) is 0 Å². The lowest BCUT2D eigenvalue weighted by molar-refractivity contribution is -0.0381. The average molecular weight is 344 g/mol. The van der Waals surface area contributed by atoms with Crippen LogP contribution in [0.4, 0.5) is 5.69 Å². The maximum atomic E-state index is 6.13. The summed E-state index contributed by atoms with van der Waals surface area (Å²) in [6.45, 7) is 0.878. The quantitative estimate of drug-likeness (QED) is 0.779. The molecule has 1 saturated heterocycles. The summed E-state index contributed by atoms with van der Waals surface area (Å²) in [4.78, 5) is 0. The maximum Gasteiger partial charge on any atom is 0.0895 e. The summed E-state index contributed by atoms with van der Waals surface area (Å²) in [6, 6.07) is 17.6. The number of anilines is 1. The molecule has 21 heavy (non-hydrogen) atoms. The van der Waals surface area contributed by atoms with Gasteiger partial charge in [-0.05, 0) is 36.6 Å². The van der Waals surface area contributed by atoms with Crippen molar-refractivity contribution in [3.05, 3.63) is 64.1 Å². The Morgan fingerprint density at radius 2 is 1.86 bits per heavy atom. The number of rotatable bonds is 1. The number of para-hydroxylation sites is 1.